The lowest BCUT2D eigenvalue weighted by molar-refractivity contribution is 0.346. The fraction of sp³-hybridized carbons (Fsp3) is 0.200. The Bertz CT molecular complexity index is 533. The standard InChI is InChI=1S/C15H15ClO3/c1-17-13-7-4-8-14(18-2)15(13)19-12-6-3-5-11(9-12)10-16/h3-9H,10H2,1-2H3. The number of ether oxygens (including phenoxy) is 3. The second-order valence-corrected chi connectivity index (χ2v) is 4.14. The Morgan fingerprint density at radius 1 is 0.947 bits per heavy atom. The van der Waals surface area contributed by atoms with Gasteiger partial charge in [-0.3, -0.25) is 0 Å². The van der Waals surface area contributed by atoms with Gasteiger partial charge in [-0.25, -0.2) is 0 Å². The normalized spacial score (nSPS) is 10.1. The Hall–Kier alpha value is -1.87. The van der Waals surface area contributed by atoms with Crippen molar-refractivity contribution < 1.29 is 14.2 Å². The highest BCUT2D eigenvalue weighted by Gasteiger charge is 2.12. The Morgan fingerprint density at radius 3 is 2.16 bits per heavy atom. The maximum Gasteiger partial charge on any atom is 0.210 e. The average Bonchev–Trinajstić information content (AvgIpc) is 2.47. The highest BCUT2D eigenvalue weighted by molar-refractivity contribution is 6.17. The number of hydrogen-bond acceptors (Lipinski definition) is 3. The number of para-hydroxylation sites is 1. The molecule has 0 radical (unpaired) electrons. The van der Waals surface area contributed by atoms with Crippen molar-refractivity contribution in [2.45, 2.75) is 5.88 Å². The van der Waals surface area contributed by atoms with Crippen molar-refractivity contribution >= 4 is 11.6 Å². The summed E-state index contributed by atoms with van der Waals surface area (Å²) in [5.74, 6) is 2.94. The highest BCUT2D eigenvalue weighted by Crippen LogP contribution is 2.39. The summed E-state index contributed by atoms with van der Waals surface area (Å²) in [6.45, 7) is 0. The quantitative estimate of drug-likeness (QED) is 0.766. The van der Waals surface area contributed by atoms with Crippen LogP contribution in [0.3, 0.4) is 0 Å². The zero-order valence-corrected chi connectivity index (χ0v) is 11.6. The maximum absolute atomic E-state index is 5.86. The predicted molar refractivity (Wildman–Crippen MR) is 75.6 cm³/mol. The SMILES string of the molecule is COc1cccc(OC)c1Oc1cccc(CCl)c1. The fourth-order valence-corrected chi connectivity index (χ4v) is 1.89. The Kier molecular flexibility index (Phi) is 4.53. The molecular weight excluding hydrogens is 264 g/mol. The molecule has 0 aliphatic carbocycles. The first-order chi connectivity index (χ1) is 9.28. The van der Waals surface area contributed by atoms with E-state index in [0.29, 0.717) is 28.9 Å². The summed E-state index contributed by atoms with van der Waals surface area (Å²) in [6, 6.07) is 13.1. The maximum atomic E-state index is 5.86. The van der Waals surface area contributed by atoms with Gasteiger partial charge < -0.3 is 14.2 Å². The predicted octanol–water partition coefficient (Wildman–Crippen LogP) is 4.23. The lowest BCUT2D eigenvalue weighted by atomic mass is 10.2. The topological polar surface area (TPSA) is 27.7 Å². The summed E-state index contributed by atoms with van der Waals surface area (Å²) >= 11 is 5.81. The van der Waals surface area contributed by atoms with E-state index in [-0.39, 0.29) is 0 Å². The van der Waals surface area contributed by atoms with E-state index in [1.54, 1.807) is 14.2 Å². The third-order valence-electron chi connectivity index (χ3n) is 2.66. The van der Waals surface area contributed by atoms with Crippen molar-refractivity contribution in [1.82, 2.24) is 0 Å². The molecule has 2 aromatic carbocycles. The largest absolute Gasteiger partial charge is 0.493 e. The van der Waals surface area contributed by atoms with Crippen molar-refractivity contribution in [2.24, 2.45) is 0 Å². The van der Waals surface area contributed by atoms with Crippen LogP contribution >= 0.6 is 11.6 Å². The highest BCUT2D eigenvalue weighted by atomic mass is 35.5. The third-order valence-corrected chi connectivity index (χ3v) is 2.96. The van der Waals surface area contributed by atoms with Gasteiger partial charge >= 0.3 is 0 Å². The Balaban J connectivity index is 2.36. The molecule has 0 saturated heterocycles. The molecule has 0 aliphatic heterocycles. The van der Waals surface area contributed by atoms with Gasteiger partial charge in [-0.15, -0.1) is 11.6 Å². The van der Waals surface area contributed by atoms with Crippen LogP contribution < -0.4 is 14.2 Å². The molecule has 4 heteroatoms. The molecule has 0 unspecified atom stereocenters. The van der Waals surface area contributed by atoms with Crippen LogP contribution in [0.4, 0.5) is 0 Å². The van der Waals surface area contributed by atoms with Gasteiger partial charge in [-0.1, -0.05) is 18.2 Å². The molecule has 0 aromatic heterocycles. The van der Waals surface area contributed by atoms with E-state index in [2.05, 4.69) is 0 Å². The van der Waals surface area contributed by atoms with Gasteiger partial charge in [0.05, 0.1) is 14.2 Å². The lowest BCUT2D eigenvalue weighted by Crippen LogP contribution is -1.94. The second kappa shape index (κ2) is 6.34. The molecule has 100 valence electrons. The number of methoxy groups -OCH3 is 2. The first kappa shape index (κ1) is 13.6. The number of benzene rings is 2. The van der Waals surface area contributed by atoms with Crippen LogP contribution in [0.1, 0.15) is 5.56 Å². The van der Waals surface area contributed by atoms with Gasteiger partial charge in [0.25, 0.3) is 0 Å². The van der Waals surface area contributed by atoms with Crippen LogP contribution in [0.15, 0.2) is 42.5 Å². The number of alkyl halides is 1. The van der Waals surface area contributed by atoms with Crippen LogP contribution in [-0.2, 0) is 5.88 Å². The van der Waals surface area contributed by atoms with Crippen molar-refractivity contribution in [2.75, 3.05) is 14.2 Å². The van der Waals surface area contributed by atoms with Gasteiger partial charge in [-0.2, -0.15) is 0 Å². The molecule has 0 bridgehead atoms. The minimum Gasteiger partial charge on any atom is -0.493 e. The Morgan fingerprint density at radius 2 is 1.58 bits per heavy atom. The average molecular weight is 279 g/mol. The van der Waals surface area contributed by atoms with E-state index in [9.17, 15) is 0 Å². The number of halogens is 1. The zero-order chi connectivity index (χ0) is 13.7. The summed E-state index contributed by atoms with van der Waals surface area (Å²) in [7, 11) is 3.19. The van der Waals surface area contributed by atoms with Gasteiger partial charge in [0.2, 0.25) is 5.75 Å². The monoisotopic (exact) mass is 278 g/mol. The van der Waals surface area contributed by atoms with E-state index >= 15 is 0 Å². The molecule has 2 rings (SSSR count). The number of rotatable bonds is 5. The third kappa shape index (κ3) is 3.12. The van der Waals surface area contributed by atoms with E-state index in [4.69, 9.17) is 25.8 Å². The van der Waals surface area contributed by atoms with Crippen LogP contribution in [0, 0.1) is 0 Å². The molecule has 0 heterocycles. The van der Waals surface area contributed by atoms with Gasteiger partial charge in [-0.05, 0) is 29.8 Å². The fourth-order valence-electron chi connectivity index (χ4n) is 1.73. The molecule has 0 saturated carbocycles. The molecule has 0 spiro atoms. The summed E-state index contributed by atoms with van der Waals surface area (Å²) in [6.07, 6.45) is 0. The van der Waals surface area contributed by atoms with Crippen molar-refractivity contribution in [3.05, 3.63) is 48.0 Å². The second-order valence-electron chi connectivity index (χ2n) is 3.87. The van der Waals surface area contributed by atoms with E-state index in [0.717, 1.165) is 5.56 Å². The summed E-state index contributed by atoms with van der Waals surface area (Å²) < 4.78 is 16.4. The summed E-state index contributed by atoms with van der Waals surface area (Å²) in [5, 5.41) is 0. The molecule has 0 amide bonds. The minimum absolute atomic E-state index is 0.445. The van der Waals surface area contributed by atoms with Crippen molar-refractivity contribution in [1.29, 1.82) is 0 Å². The molecule has 0 atom stereocenters. The van der Waals surface area contributed by atoms with Crippen molar-refractivity contribution in [3.63, 3.8) is 0 Å². The molecule has 0 fully saturated rings. The molecular formula is C15H15ClO3. The van der Waals surface area contributed by atoms with E-state index in [1.807, 2.05) is 42.5 Å². The van der Waals surface area contributed by atoms with E-state index < -0.39 is 0 Å². The summed E-state index contributed by atoms with van der Waals surface area (Å²) in [5.41, 5.74) is 0.994. The molecule has 0 N–H and O–H groups in total. The zero-order valence-electron chi connectivity index (χ0n) is 10.9. The molecule has 19 heavy (non-hydrogen) atoms. The molecule has 0 aliphatic rings. The van der Waals surface area contributed by atoms with Crippen LogP contribution in [0.5, 0.6) is 23.0 Å². The minimum atomic E-state index is 0.445. The van der Waals surface area contributed by atoms with Crippen molar-refractivity contribution in [3.8, 4) is 23.0 Å². The first-order valence-electron chi connectivity index (χ1n) is 5.82. The molecule has 3 nitrogen and oxygen atoms in total. The number of hydrogen-bond donors (Lipinski definition) is 0. The van der Waals surface area contributed by atoms with Gasteiger partial charge in [0.15, 0.2) is 11.5 Å². The van der Waals surface area contributed by atoms with Crippen LogP contribution in [0.2, 0.25) is 0 Å². The van der Waals surface area contributed by atoms with E-state index in [1.165, 1.54) is 0 Å². The van der Waals surface area contributed by atoms with Crippen LogP contribution in [-0.4, -0.2) is 14.2 Å². The summed E-state index contributed by atoms with van der Waals surface area (Å²) in [4.78, 5) is 0. The van der Waals surface area contributed by atoms with Gasteiger partial charge in [0.1, 0.15) is 5.75 Å². The lowest BCUT2D eigenvalue weighted by Gasteiger charge is -2.14. The smallest absolute Gasteiger partial charge is 0.210 e. The molecule has 2 aromatic rings. The van der Waals surface area contributed by atoms with Crippen LogP contribution in [0.25, 0.3) is 0 Å². The first-order valence-corrected chi connectivity index (χ1v) is 6.35. The Labute approximate surface area is 117 Å². The van der Waals surface area contributed by atoms with Gasteiger partial charge in [0, 0.05) is 5.88 Å².